The molecule has 0 saturated carbocycles. The Morgan fingerprint density at radius 2 is 2.29 bits per heavy atom. The van der Waals surface area contributed by atoms with Crippen LogP contribution in [0.5, 0.6) is 0 Å². The zero-order valence-electron chi connectivity index (χ0n) is 13.5. The first kappa shape index (κ1) is 16.7. The van der Waals surface area contributed by atoms with Gasteiger partial charge in [0, 0.05) is 35.7 Å². The number of nitrogens with one attached hydrogen (secondary N) is 2. The van der Waals surface area contributed by atoms with Gasteiger partial charge in [0.05, 0.1) is 6.10 Å². The number of nitrogens with zero attached hydrogens (tertiary/aromatic N) is 1. The van der Waals surface area contributed by atoms with E-state index in [9.17, 15) is 4.79 Å². The number of pyridine rings is 1. The van der Waals surface area contributed by atoms with E-state index in [2.05, 4.69) is 15.6 Å². The summed E-state index contributed by atoms with van der Waals surface area (Å²) in [6.07, 6.45) is 4.04. The van der Waals surface area contributed by atoms with E-state index in [1.54, 1.807) is 24.4 Å². The molecule has 1 atom stereocenters. The molecule has 126 valence electrons. The standard InChI is InChI=1S/C18H20ClN3O2/c1-12-15(19)5-2-6-16(12)22-18(23)17-10-13(7-8-20-17)21-11-14-4-3-9-24-14/h2,5-8,10,14H,3-4,9,11H2,1H3,(H,20,21)(H,22,23). The van der Waals surface area contributed by atoms with Crippen molar-refractivity contribution in [1.29, 1.82) is 0 Å². The Morgan fingerprint density at radius 3 is 3.08 bits per heavy atom. The van der Waals surface area contributed by atoms with Gasteiger partial charge < -0.3 is 15.4 Å². The molecule has 0 radical (unpaired) electrons. The SMILES string of the molecule is Cc1c(Cl)cccc1NC(=O)c1cc(NCC2CCCO2)ccn1. The molecular formula is C18H20ClN3O2. The van der Waals surface area contributed by atoms with Gasteiger partial charge in [-0.05, 0) is 49.6 Å². The lowest BCUT2D eigenvalue weighted by Crippen LogP contribution is -2.19. The molecule has 1 saturated heterocycles. The molecule has 1 amide bonds. The molecule has 0 bridgehead atoms. The maximum Gasteiger partial charge on any atom is 0.274 e. The Morgan fingerprint density at radius 1 is 1.42 bits per heavy atom. The predicted molar refractivity (Wildman–Crippen MR) is 95.8 cm³/mol. The smallest absolute Gasteiger partial charge is 0.274 e. The van der Waals surface area contributed by atoms with Gasteiger partial charge in [-0.15, -0.1) is 0 Å². The number of ether oxygens (including phenoxy) is 1. The highest BCUT2D eigenvalue weighted by Crippen LogP contribution is 2.23. The van der Waals surface area contributed by atoms with Crippen LogP contribution in [0.1, 0.15) is 28.9 Å². The van der Waals surface area contributed by atoms with Crippen LogP contribution in [0.3, 0.4) is 0 Å². The van der Waals surface area contributed by atoms with Gasteiger partial charge in [0.15, 0.2) is 0 Å². The second kappa shape index (κ2) is 7.64. The van der Waals surface area contributed by atoms with Crippen molar-refractivity contribution in [2.45, 2.75) is 25.9 Å². The first-order chi connectivity index (χ1) is 11.6. The Labute approximate surface area is 146 Å². The van der Waals surface area contributed by atoms with Crippen LogP contribution >= 0.6 is 11.6 Å². The van der Waals surface area contributed by atoms with Gasteiger partial charge in [0.25, 0.3) is 5.91 Å². The van der Waals surface area contributed by atoms with Gasteiger partial charge in [-0.3, -0.25) is 9.78 Å². The zero-order valence-corrected chi connectivity index (χ0v) is 14.3. The predicted octanol–water partition coefficient (Wildman–Crippen LogP) is 3.89. The fraction of sp³-hybridized carbons (Fsp3) is 0.333. The van der Waals surface area contributed by atoms with Gasteiger partial charge >= 0.3 is 0 Å². The van der Waals surface area contributed by atoms with Gasteiger partial charge in [-0.2, -0.15) is 0 Å². The minimum Gasteiger partial charge on any atom is -0.382 e. The molecule has 6 heteroatoms. The van der Waals surface area contributed by atoms with Gasteiger partial charge in [0.2, 0.25) is 0 Å². The third-order valence-corrected chi connectivity index (χ3v) is 4.48. The summed E-state index contributed by atoms with van der Waals surface area (Å²) in [6, 6.07) is 9.00. The number of carbonyl (C=O) groups is 1. The zero-order chi connectivity index (χ0) is 16.9. The summed E-state index contributed by atoms with van der Waals surface area (Å²) in [6.45, 7) is 3.43. The van der Waals surface area contributed by atoms with Crippen LogP contribution in [0.4, 0.5) is 11.4 Å². The maximum atomic E-state index is 12.4. The largest absolute Gasteiger partial charge is 0.382 e. The summed E-state index contributed by atoms with van der Waals surface area (Å²) in [7, 11) is 0. The lowest BCUT2D eigenvalue weighted by Gasteiger charge is -2.13. The average molecular weight is 346 g/mol. The van der Waals surface area contributed by atoms with Crippen LogP contribution in [-0.4, -0.2) is 30.1 Å². The Bertz CT molecular complexity index is 730. The van der Waals surface area contributed by atoms with E-state index in [-0.39, 0.29) is 12.0 Å². The number of hydrogen-bond donors (Lipinski definition) is 2. The molecule has 2 heterocycles. The van der Waals surface area contributed by atoms with Crippen molar-refractivity contribution in [1.82, 2.24) is 4.98 Å². The number of benzene rings is 1. The van der Waals surface area contributed by atoms with Crippen LogP contribution in [0.2, 0.25) is 5.02 Å². The molecule has 2 N–H and O–H groups in total. The van der Waals surface area contributed by atoms with E-state index in [0.717, 1.165) is 37.2 Å². The molecule has 3 rings (SSSR count). The highest BCUT2D eigenvalue weighted by molar-refractivity contribution is 6.31. The van der Waals surface area contributed by atoms with E-state index in [1.165, 1.54) is 0 Å². The van der Waals surface area contributed by atoms with Gasteiger partial charge in [-0.1, -0.05) is 17.7 Å². The first-order valence-electron chi connectivity index (χ1n) is 8.01. The van der Waals surface area contributed by atoms with Gasteiger partial charge in [-0.25, -0.2) is 0 Å². The Hall–Kier alpha value is -2.11. The number of carbonyl (C=O) groups excluding carboxylic acids is 1. The molecule has 1 aliphatic rings. The summed E-state index contributed by atoms with van der Waals surface area (Å²) in [5.41, 5.74) is 2.73. The third-order valence-electron chi connectivity index (χ3n) is 4.07. The highest BCUT2D eigenvalue weighted by Gasteiger charge is 2.15. The average Bonchev–Trinajstić information content (AvgIpc) is 3.11. The summed E-state index contributed by atoms with van der Waals surface area (Å²) in [5.74, 6) is -0.263. The molecule has 0 aliphatic carbocycles. The second-order valence-corrected chi connectivity index (χ2v) is 6.22. The molecule has 0 spiro atoms. The number of anilines is 2. The van der Waals surface area contributed by atoms with E-state index in [1.807, 2.05) is 19.1 Å². The molecule has 1 aliphatic heterocycles. The normalized spacial score (nSPS) is 16.8. The molecule has 1 aromatic heterocycles. The van der Waals surface area contributed by atoms with E-state index in [0.29, 0.717) is 16.4 Å². The third kappa shape index (κ3) is 4.04. The van der Waals surface area contributed by atoms with E-state index >= 15 is 0 Å². The Balaban J connectivity index is 1.66. The van der Waals surface area contributed by atoms with Crippen molar-refractivity contribution in [3.63, 3.8) is 0 Å². The van der Waals surface area contributed by atoms with Crippen LogP contribution in [0, 0.1) is 6.92 Å². The highest BCUT2D eigenvalue weighted by atomic mass is 35.5. The second-order valence-electron chi connectivity index (χ2n) is 5.81. The molecule has 1 fully saturated rings. The minimum atomic E-state index is -0.263. The fourth-order valence-electron chi connectivity index (χ4n) is 2.63. The first-order valence-corrected chi connectivity index (χ1v) is 8.39. The molecule has 24 heavy (non-hydrogen) atoms. The fourth-order valence-corrected chi connectivity index (χ4v) is 2.81. The Kier molecular flexibility index (Phi) is 5.33. The molecule has 5 nitrogen and oxygen atoms in total. The quantitative estimate of drug-likeness (QED) is 0.863. The lowest BCUT2D eigenvalue weighted by atomic mass is 10.2. The van der Waals surface area contributed by atoms with E-state index < -0.39 is 0 Å². The summed E-state index contributed by atoms with van der Waals surface area (Å²) in [4.78, 5) is 16.6. The summed E-state index contributed by atoms with van der Waals surface area (Å²) < 4.78 is 5.59. The number of halogens is 1. The van der Waals surface area contributed by atoms with Crippen molar-refractivity contribution in [3.05, 3.63) is 52.8 Å². The summed E-state index contributed by atoms with van der Waals surface area (Å²) >= 11 is 6.08. The number of hydrogen-bond acceptors (Lipinski definition) is 4. The molecule has 2 aromatic rings. The molecular weight excluding hydrogens is 326 g/mol. The topological polar surface area (TPSA) is 63.2 Å². The lowest BCUT2D eigenvalue weighted by molar-refractivity contribution is 0.102. The van der Waals surface area contributed by atoms with Crippen molar-refractivity contribution in [2.24, 2.45) is 0 Å². The number of aromatic nitrogens is 1. The van der Waals surface area contributed by atoms with Gasteiger partial charge in [0.1, 0.15) is 5.69 Å². The molecule has 1 unspecified atom stereocenters. The van der Waals surface area contributed by atoms with Crippen LogP contribution in [0.25, 0.3) is 0 Å². The van der Waals surface area contributed by atoms with Crippen molar-refractivity contribution in [3.8, 4) is 0 Å². The van der Waals surface area contributed by atoms with Crippen molar-refractivity contribution < 1.29 is 9.53 Å². The monoisotopic (exact) mass is 345 g/mol. The summed E-state index contributed by atoms with van der Waals surface area (Å²) in [5, 5.41) is 6.77. The van der Waals surface area contributed by atoms with Crippen LogP contribution in [-0.2, 0) is 4.74 Å². The van der Waals surface area contributed by atoms with Crippen molar-refractivity contribution in [2.75, 3.05) is 23.8 Å². The number of rotatable bonds is 5. The van der Waals surface area contributed by atoms with Crippen LogP contribution in [0.15, 0.2) is 36.5 Å². The van der Waals surface area contributed by atoms with E-state index in [4.69, 9.17) is 16.3 Å². The van der Waals surface area contributed by atoms with Crippen LogP contribution < -0.4 is 10.6 Å². The number of amides is 1. The van der Waals surface area contributed by atoms with Crippen molar-refractivity contribution >= 4 is 28.9 Å². The minimum absolute atomic E-state index is 0.240. The molecule has 1 aromatic carbocycles. The maximum absolute atomic E-state index is 12.4.